The minimum absolute atomic E-state index is 0.0371. The van der Waals surface area contributed by atoms with Gasteiger partial charge in [0.15, 0.2) is 8.32 Å². The summed E-state index contributed by atoms with van der Waals surface area (Å²) in [5, 5.41) is 0. The molecule has 0 bridgehead atoms. The fraction of sp³-hybridized carbons (Fsp3) is 0.846. The average molecular weight is 372 g/mol. The molecule has 1 aliphatic heterocycles. The topological polar surface area (TPSA) is 55.8 Å². The molecule has 1 aliphatic rings. The van der Waals surface area contributed by atoms with Gasteiger partial charge in [0, 0.05) is 13.0 Å². The molecule has 10 heteroatoms. The molecular weight excluding hydrogens is 347 g/mol. The fourth-order valence-electron chi connectivity index (χ4n) is 2.36. The van der Waals surface area contributed by atoms with Gasteiger partial charge in [-0.25, -0.2) is 0 Å². The lowest BCUT2D eigenvalue weighted by molar-refractivity contribution is -0.188. The lowest BCUT2D eigenvalue weighted by atomic mass is 10.2. The molecule has 1 fully saturated rings. The van der Waals surface area contributed by atoms with Gasteiger partial charge in [0.05, 0.1) is 6.10 Å². The molecule has 1 rings (SSSR count). The first-order valence-corrected chi connectivity index (χ1v) is 14.2. The molecule has 0 aromatic rings. The van der Waals surface area contributed by atoms with E-state index in [2.05, 4.69) is 0 Å². The molecule has 134 valence electrons. The van der Waals surface area contributed by atoms with Gasteiger partial charge >= 0.3 is 18.1 Å². The Morgan fingerprint density at radius 3 is 1.96 bits per heavy atom. The fourth-order valence-corrected chi connectivity index (χ4v) is 4.27. The zero-order chi connectivity index (χ0) is 18.2. The van der Waals surface area contributed by atoms with Crippen LogP contribution >= 0.6 is 0 Å². The van der Waals surface area contributed by atoms with Crippen LogP contribution in [-0.4, -0.2) is 58.3 Å². The molecule has 0 radical (unpaired) electrons. The van der Waals surface area contributed by atoms with Gasteiger partial charge in [0.2, 0.25) is 8.32 Å². The van der Waals surface area contributed by atoms with Gasteiger partial charge in [0.25, 0.3) is 0 Å². The molecule has 0 aliphatic carbocycles. The number of likely N-dealkylation sites (tertiary alicyclic amines) is 1. The lowest BCUT2D eigenvalue weighted by Gasteiger charge is -2.27. The third-order valence-electron chi connectivity index (χ3n) is 2.97. The van der Waals surface area contributed by atoms with Crippen LogP contribution in [0.25, 0.3) is 0 Å². The Balaban J connectivity index is 2.97. The van der Waals surface area contributed by atoms with Crippen molar-refractivity contribution in [3.63, 3.8) is 0 Å². The van der Waals surface area contributed by atoms with E-state index in [1.807, 2.05) is 19.6 Å². The Morgan fingerprint density at radius 2 is 1.57 bits per heavy atom. The number of nitrogens with zero attached hydrogens (tertiary/aromatic N) is 1. The first kappa shape index (κ1) is 20.2. The van der Waals surface area contributed by atoms with Crippen molar-refractivity contribution in [2.75, 3.05) is 6.54 Å². The van der Waals surface area contributed by atoms with Crippen LogP contribution in [0.4, 0.5) is 13.2 Å². The van der Waals surface area contributed by atoms with Crippen molar-refractivity contribution >= 4 is 28.5 Å². The van der Waals surface area contributed by atoms with Crippen molar-refractivity contribution in [3.8, 4) is 0 Å². The third kappa shape index (κ3) is 6.26. The summed E-state index contributed by atoms with van der Waals surface area (Å²) in [5.74, 6) is -2.79. The van der Waals surface area contributed by atoms with Gasteiger partial charge in [-0.3, -0.25) is 9.59 Å². The Kier molecular flexibility index (Phi) is 5.75. The van der Waals surface area contributed by atoms with Crippen molar-refractivity contribution in [2.24, 2.45) is 0 Å². The highest BCUT2D eigenvalue weighted by Crippen LogP contribution is 2.29. The van der Waals surface area contributed by atoms with E-state index in [4.69, 9.17) is 8.85 Å². The van der Waals surface area contributed by atoms with Gasteiger partial charge in [-0.2, -0.15) is 13.2 Å². The van der Waals surface area contributed by atoms with Crippen LogP contribution in [0.3, 0.4) is 0 Å². The van der Waals surface area contributed by atoms with Crippen molar-refractivity contribution < 1.29 is 31.6 Å². The molecule has 1 heterocycles. The Bertz CT molecular complexity index is 471. The minimum Gasteiger partial charge on any atom is -0.518 e. The predicted octanol–water partition coefficient (Wildman–Crippen LogP) is 2.75. The van der Waals surface area contributed by atoms with Crippen LogP contribution in [0, 0.1) is 0 Å². The number of amides is 1. The maximum absolute atomic E-state index is 12.8. The summed E-state index contributed by atoms with van der Waals surface area (Å²) in [4.78, 5) is 24.4. The first-order valence-electron chi connectivity index (χ1n) is 7.38. The third-order valence-corrected chi connectivity index (χ3v) is 4.82. The maximum atomic E-state index is 12.8. The van der Waals surface area contributed by atoms with Crippen LogP contribution in [0.15, 0.2) is 0 Å². The van der Waals surface area contributed by atoms with Gasteiger partial charge in [-0.1, -0.05) is 0 Å². The van der Waals surface area contributed by atoms with Crippen molar-refractivity contribution in [2.45, 2.75) is 64.0 Å². The molecule has 1 amide bonds. The zero-order valence-electron chi connectivity index (χ0n) is 14.3. The number of rotatable bonds is 4. The van der Waals surface area contributed by atoms with E-state index in [9.17, 15) is 22.8 Å². The molecule has 0 spiro atoms. The second-order valence-electron chi connectivity index (χ2n) is 7.59. The van der Waals surface area contributed by atoms with Crippen molar-refractivity contribution in [1.82, 2.24) is 4.90 Å². The Hall–Kier alpha value is -0.876. The minimum atomic E-state index is -5.02. The van der Waals surface area contributed by atoms with Crippen molar-refractivity contribution in [3.05, 3.63) is 0 Å². The van der Waals surface area contributed by atoms with Crippen LogP contribution < -0.4 is 0 Å². The normalized spacial score (nSPS) is 23.1. The Morgan fingerprint density at radius 1 is 1.04 bits per heavy atom. The summed E-state index contributed by atoms with van der Waals surface area (Å²) in [5.41, 5.74) is 0. The summed E-state index contributed by atoms with van der Waals surface area (Å²) in [6.45, 7) is 10.7. The lowest BCUT2D eigenvalue weighted by Crippen LogP contribution is -2.49. The second kappa shape index (κ2) is 6.56. The van der Waals surface area contributed by atoms with Crippen LogP contribution in [0.5, 0.6) is 0 Å². The largest absolute Gasteiger partial charge is 0.518 e. The zero-order valence-corrected chi connectivity index (χ0v) is 16.3. The highest BCUT2D eigenvalue weighted by atomic mass is 28.4. The standard InChI is InChI=1S/C13H24F3NO4Si2/c1-22(2,3)20-9-7-10(11(18)21-23(4,5)6)17(8-9)12(19)13(14,15)16/h9-10H,7-8H2,1-6H3/t9-,10+/m1/s1. The monoisotopic (exact) mass is 371 g/mol. The Labute approximate surface area is 136 Å². The van der Waals surface area contributed by atoms with Gasteiger partial charge in [-0.05, 0) is 39.3 Å². The number of carbonyl (C=O) groups is 2. The number of hydrogen-bond donors (Lipinski definition) is 0. The molecule has 0 N–H and O–H groups in total. The van der Waals surface area contributed by atoms with Crippen LogP contribution in [-0.2, 0) is 18.4 Å². The van der Waals surface area contributed by atoms with Gasteiger partial charge in [0.1, 0.15) is 6.04 Å². The molecule has 0 aromatic carbocycles. The second-order valence-corrected chi connectivity index (χ2v) is 16.5. The molecule has 0 unspecified atom stereocenters. The van der Waals surface area contributed by atoms with Gasteiger partial charge < -0.3 is 13.8 Å². The molecule has 5 nitrogen and oxygen atoms in total. The number of halogens is 3. The van der Waals surface area contributed by atoms with E-state index in [1.165, 1.54) is 0 Å². The van der Waals surface area contributed by atoms with Gasteiger partial charge in [-0.15, -0.1) is 0 Å². The van der Waals surface area contributed by atoms with E-state index in [0.717, 1.165) is 0 Å². The SMILES string of the molecule is C[Si](C)(C)OC(=O)[C@@H]1C[C@@H](O[Si](C)(C)C)CN1C(=O)C(F)(F)F. The number of carbonyl (C=O) groups excluding carboxylic acids is 2. The number of alkyl halides is 3. The first-order chi connectivity index (χ1) is 10.1. The van der Waals surface area contributed by atoms with Crippen LogP contribution in [0.2, 0.25) is 39.3 Å². The molecule has 0 aromatic heterocycles. The molecule has 0 saturated carbocycles. The van der Waals surface area contributed by atoms with Crippen molar-refractivity contribution in [1.29, 1.82) is 0 Å². The molecular formula is C13H24F3NO4Si2. The average Bonchev–Trinajstić information content (AvgIpc) is 2.65. The molecule has 1 saturated heterocycles. The maximum Gasteiger partial charge on any atom is 0.471 e. The van der Waals surface area contributed by atoms with Crippen LogP contribution in [0.1, 0.15) is 6.42 Å². The van der Waals surface area contributed by atoms with E-state index in [1.54, 1.807) is 19.6 Å². The highest BCUT2D eigenvalue weighted by Gasteiger charge is 2.51. The summed E-state index contributed by atoms with van der Waals surface area (Å²) >= 11 is 0. The van der Waals surface area contributed by atoms with E-state index in [-0.39, 0.29) is 13.0 Å². The summed E-state index contributed by atoms with van der Waals surface area (Å²) in [6.07, 6.45) is -5.56. The predicted molar refractivity (Wildman–Crippen MR) is 83.8 cm³/mol. The van der Waals surface area contributed by atoms with E-state index >= 15 is 0 Å². The molecule has 2 atom stereocenters. The molecule has 23 heavy (non-hydrogen) atoms. The summed E-state index contributed by atoms with van der Waals surface area (Å²) in [7, 11) is -4.27. The number of hydrogen-bond acceptors (Lipinski definition) is 4. The summed E-state index contributed by atoms with van der Waals surface area (Å²) in [6, 6.07) is -1.24. The quantitative estimate of drug-likeness (QED) is 0.713. The van der Waals surface area contributed by atoms with E-state index < -0.39 is 46.8 Å². The summed E-state index contributed by atoms with van der Waals surface area (Å²) < 4.78 is 49.4. The highest BCUT2D eigenvalue weighted by molar-refractivity contribution is 6.71. The van der Waals surface area contributed by atoms with E-state index in [0.29, 0.717) is 4.90 Å². The smallest absolute Gasteiger partial charge is 0.471 e.